The molecule has 1 aromatic carbocycles. The molecule has 1 N–H and O–H groups in total. The molecule has 0 saturated carbocycles. The van der Waals surface area contributed by atoms with Crippen LogP contribution in [-0.2, 0) is 9.31 Å². The van der Waals surface area contributed by atoms with Gasteiger partial charge in [0.1, 0.15) is 0 Å². The Labute approximate surface area is 137 Å². The average molecular weight is 324 g/mol. The van der Waals surface area contributed by atoms with Crippen LogP contribution in [0.5, 0.6) is 0 Å². The molecule has 0 radical (unpaired) electrons. The van der Waals surface area contributed by atoms with Gasteiger partial charge >= 0.3 is 7.12 Å². The van der Waals surface area contributed by atoms with Gasteiger partial charge in [-0.3, -0.25) is 4.79 Å². The summed E-state index contributed by atoms with van der Waals surface area (Å²) in [5, 5.41) is 2.85. The highest BCUT2D eigenvalue weighted by Gasteiger charge is 2.51. The molecule has 2 rings (SSSR count). The van der Waals surface area contributed by atoms with Crippen LogP contribution in [0.3, 0.4) is 0 Å². The van der Waals surface area contributed by atoms with E-state index in [1.807, 2.05) is 45.9 Å². The van der Waals surface area contributed by atoms with E-state index in [9.17, 15) is 4.79 Å². The second-order valence-corrected chi connectivity index (χ2v) is 6.89. The van der Waals surface area contributed by atoms with Crippen LogP contribution in [0.25, 0.3) is 0 Å². The third-order valence-electron chi connectivity index (χ3n) is 4.27. The Hall–Kier alpha value is -1.04. The summed E-state index contributed by atoms with van der Waals surface area (Å²) in [6.45, 7) is 8.61. The predicted octanol–water partition coefficient (Wildman–Crippen LogP) is 2.34. The quantitative estimate of drug-likeness (QED) is 0.514. The number of alkyl halides is 1. The molecule has 6 heteroatoms. The fraction of sp³-hybridized carbons (Fsp3) is 0.562. The molecule has 0 aliphatic carbocycles. The summed E-state index contributed by atoms with van der Waals surface area (Å²) in [6.07, 6.45) is 0.754. The number of amides is 1. The van der Waals surface area contributed by atoms with E-state index in [1.54, 1.807) is 6.07 Å². The normalized spacial score (nSPS) is 19.2. The van der Waals surface area contributed by atoms with E-state index < -0.39 is 18.3 Å². The Morgan fingerprint density at radius 1 is 1.23 bits per heavy atom. The lowest BCUT2D eigenvalue weighted by molar-refractivity contribution is 0.00578. The summed E-state index contributed by atoms with van der Waals surface area (Å²) in [5.74, 6) is 0.428. The van der Waals surface area contributed by atoms with Crippen LogP contribution < -0.4 is 10.8 Å². The van der Waals surface area contributed by atoms with E-state index in [0.29, 0.717) is 18.0 Å². The molecule has 1 heterocycles. The molecule has 22 heavy (non-hydrogen) atoms. The van der Waals surface area contributed by atoms with Gasteiger partial charge in [-0.25, -0.2) is 0 Å². The first kappa shape index (κ1) is 17.3. The van der Waals surface area contributed by atoms with Gasteiger partial charge in [-0.05, 0) is 51.7 Å². The van der Waals surface area contributed by atoms with Crippen molar-refractivity contribution < 1.29 is 14.1 Å². The second-order valence-electron chi connectivity index (χ2n) is 6.51. The highest BCUT2D eigenvalue weighted by Crippen LogP contribution is 2.36. The topological polar surface area (TPSA) is 47.6 Å². The Morgan fingerprint density at radius 3 is 2.45 bits per heavy atom. The van der Waals surface area contributed by atoms with E-state index in [2.05, 4.69) is 5.32 Å². The molecule has 0 aromatic heterocycles. The molecule has 1 aliphatic rings. The maximum Gasteiger partial charge on any atom is 0.494 e. The molecule has 1 aliphatic heterocycles. The third-order valence-corrected chi connectivity index (χ3v) is 4.54. The highest BCUT2D eigenvalue weighted by molar-refractivity contribution is 6.62. The first-order chi connectivity index (χ1) is 10.3. The fourth-order valence-electron chi connectivity index (χ4n) is 2.18. The standard InChI is InChI=1S/C16H23BClNO3/c1-15(2)16(3,4)22-17(21-15)13-8-5-7-12(11-13)14(20)19-10-6-9-18/h5,7-8,11H,6,9-10H2,1-4H3,(H,19,20). The van der Waals surface area contributed by atoms with Crippen LogP contribution in [0, 0.1) is 0 Å². The minimum Gasteiger partial charge on any atom is -0.399 e. The summed E-state index contributed by atoms with van der Waals surface area (Å²) in [7, 11) is -0.458. The van der Waals surface area contributed by atoms with Crippen LogP contribution >= 0.6 is 11.6 Å². The largest absolute Gasteiger partial charge is 0.494 e. The van der Waals surface area contributed by atoms with Gasteiger partial charge in [0, 0.05) is 18.0 Å². The summed E-state index contributed by atoms with van der Waals surface area (Å²) in [6, 6.07) is 7.36. The van der Waals surface area contributed by atoms with Crippen LogP contribution in [0.4, 0.5) is 0 Å². The van der Waals surface area contributed by atoms with Crippen molar-refractivity contribution in [3.63, 3.8) is 0 Å². The minimum atomic E-state index is -0.458. The van der Waals surface area contributed by atoms with Gasteiger partial charge in [0.2, 0.25) is 0 Å². The molecule has 1 amide bonds. The van der Waals surface area contributed by atoms with Gasteiger partial charge in [-0.2, -0.15) is 0 Å². The Kier molecular flexibility index (Phi) is 5.20. The van der Waals surface area contributed by atoms with Crippen LogP contribution in [0.1, 0.15) is 44.5 Å². The minimum absolute atomic E-state index is 0.108. The number of carbonyl (C=O) groups excluding carboxylic acids is 1. The van der Waals surface area contributed by atoms with Crippen LogP contribution in [0.15, 0.2) is 24.3 Å². The molecule has 0 spiro atoms. The lowest BCUT2D eigenvalue weighted by atomic mass is 9.78. The second kappa shape index (κ2) is 6.61. The molecule has 0 bridgehead atoms. The summed E-state index contributed by atoms with van der Waals surface area (Å²) >= 11 is 5.61. The maximum atomic E-state index is 12.1. The molecule has 0 unspecified atom stereocenters. The predicted molar refractivity (Wildman–Crippen MR) is 89.8 cm³/mol. The fourth-order valence-corrected chi connectivity index (χ4v) is 2.31. The summed E-state index contributed by atoms with van der Waals surface area (Å²) in [4.78, 5) is 12.1. The van der Waals surface area contributed by atoms with Crippen LogP contribution in [-0.4, -0.2) is 36.7 Å². The summed E-state index contributed by atoms with van der Waals surface area (Å²) in [5.41, 5.74) is 0.664. The number of hydrogen-bond acceptors (Lipinski definition) is 3. The Balaban J connectivity index is 2.11. The van der Waals surface area contributed by atoms with Crippen molar-refractivity contribution in [1.29, 1.82) is 0 Å². The third kappa shape index (κ3) is 3.65. The average Bonchev–Trinajstić information content (AvgIpc) is 2.68. The maximum absolute atomic E-state index is 12.1. The number of carbonyl (C=O) groups is 1. The van der Waals surface area contributed by atoms with Crippen LogP contribution in [0.2, 0.25) is 0 Å². The van der Waals surface area contributed by atoms with E-state index >= 15 is 0 Å². The first-order valence-corrected chi connectivity index (χ1v) is 8.10. The number of hydrogen-bond donors (Lipinski definition) is 1. The van der Waals surface area contributed by atoms with Gasteiger partial charge in [0.05, 0.1) is 11.2 Å². The van der Waals surface area contributed by atoms with Crippen molar-refractivity contribution in [2.45, 2.75) is 45.3 Å². The molecule has 120 valence electrons. The molecule has 4 nitrogen and oxygen atoms in total. The van der Waals surface area contributed by atoms with Crippen molar-refractivity contribution >= 4 is 30.1 Å². The summed E-state index contributed by atoms with van der Waals surface area (Å²) < 4.78 is 12.0. The van der Waals surface area contributed by atoms with E-state index in [4.69, 9.17) is 20.9 Å². The van der Waals surface area contributed by atoms with Gasteiger partial charge in [0.15, 0.2) is 0 Å². The smallest absolute Gasteiger partial charge is 0.399 e. The van der Waals surface area contributed by atoms with Gasteiger partial charge in [-0.15, -0.1) is 11.6 Å². The van der Waals surface area contributed by atoms with E-state index in [0.717, 1.165) is 11.9 Å². The SMILES string of the molecule is CC1(C)OB(c2cccc(C(=O)NCCCCl)c2)OC1(C)C. The van der Waals surface area contributed by atoms with E-state index in [1.165, 1.54) is 0 Å². The molecule has 1 aromatic rings. The number of nitrogens with one attached hydrogen (secondary N) is 1. The number of halogens is 1. The van der Waals surface area contributed by atoms with E-state index in [-0.39, 0.29) is 5.91 Å². The Bertz CT molecular complexity index is 532. The number of benzene rings is 1. The van der Waals surface area contributed by atoms with Crippen molar-refractivity contribution in [1.82, 2.24) is 5.32 Å². The molecule has 0 atom stereocenters. The van der Waals surface area contributed by atoms with Crippen molar-refractivity contribution in [2.24, 2.45) is 0 Å². The zero-order chi connectivity index (χ0) is 16.4. The lowest BCUT2D eigenvalue weighted by Gasteiger charge is -2.32. The zero-order valence-electron chi connectivity index (χ0n) is 13.6. The Morgan fingerprint density at radius 2 is 1.86 bits per heavy atom. The van der Waals surface area contributed by atoms with Crippen molar-refractivity contribution in [3.8, 4) is 0 Å². The molecule has 1 fully saturated rings. The molecular weight excluding hydrogens is 300 g/mol. The van der Waals surface area contributed by atoms with Crippen molar-refractivity contribution in [3.05, 3.63) is 29.8 Å². The first-order valence-electron chi connectivity index (χ1n) is 7.56. The number of rotatable bonds is 5. The lowest BCUT2D eigenvalue weighted by Crippen LogP contribution is -2.41. The molecule has 1 saturated heterocycles. The van der Waals surface area contributed by atoms with Gasteiger partial charge in [-0.1, -0.05) is 12.1 Å². The van der Waals surface area contributed by atoms with Crippen molar-refractivity contribution in [2.75, 3.05) is 12.4 Å². The highest BCUT2D eigenvalue weighted by atomic mass is 35.5. The monoisotopic (exact) mass is 323 g/mol. The molecular formula is C16H23BClNO3. The van der Waals surface area contributed by atoms with Gasteiger partial charge in [0.25, 0.3) is 5.91 Å². The zero-order valence-corrected chi connectivity index (χ0v) is 14.4. The van der Waals surface area contributed by atoms with Gasteiger partial charge < -0.3 is 14.6 Å².